The largest absolute Gasteiger partial charge is 0.316 e. The third-order valence-electron chi connectivity index (χ3n) is 2.01. The molecule has 1 N–H and O–H groups in total. The van der Waals surface area contributed by atoms with E-state index in [0.29, 0.717) is 0 Å². The van der Waals surface area contributed by atoms with E-state index in [1.165, 1.54) is 5.57 Å². The summed E-state index contributed by atoms with van der Waals surface area (Å²) in [6.45, 7) is 4.97. The van der Waals surface area contributed by atoms with E-state index in [0.717, 1.165) is 24.5 Å². The van der Waals surface area contributed by atoms with Gasteiger partial charge in [0.15, 0.2) is 0 Å². The van der Waals surface area contributed by atoms with Gasteiger partial charge in [0.05, 0.1) is 5.69 Å². The Morgan fingerprint density at radius 1 is 1.57 bits per heavy atom. The van der Waals surface area contributed by atoms with Gasteiger partial charge in [0.1, 0.15) is 5.82 Å². The highest BCUT2D eigenvalue weighted by Gasteiger charge is 1.95. The highest BCUT2D eigenvalue weighted by atomic mass is 14.9. The number of rotatable bonds is 4. The second-order valence-corrected chi connectivity index (χ2v) is 3.22. The van der Waals surface area contributed by atoms with Crippen LogP contribution in [0, 0.1) is 6.92 Å². The standard InChI is InChI=1S/C11H17N3/c1-4-10(8-12-3)7-11-5-6-13-9(2)14-11/h5-7,12H,4,8H2,1-3H3/b10-7-. The Balaban J connectivity index is 2.83. The van der Waals surface area contributed by atoms with Crippen molar-refractivity contribution in [1.82, 2.24) is 15.3 Å². The molecule has 0 aliphatic heterocycles. The van der Waals surface area contributed by atoms with E-state index in [2.05, 4.69) is 28.3 Å². The molecular weight excluding hydrogens is 174 g/mol. The van der Waals surface area contributed by atoms with Gasteiger partial charge in [-0.25, -0.2) is 9.97 Å². The second-order valence-electron chi connectivity index (χ2n) is 3.22. The van der Waals surface area contributed by atoms with Crippen LogP contribution < -0.4 is 5.32 Å². The zero-order valence-electron chi connectivity index (χ0n) is 9.04. The smallest absolute Gasteiger partial charge is 0.125 e. The molecule has 1 aromatic rings. The molecular formula is C11H17N3. The first-order chi connectivity index (χ1) is 6.76. The van der Waals surface area contributed by atoms with Gasteiger partial charge in [0.2, 0.25) is 0 Å². The molecule has 14 heavy (non-hydrogen) atoms. The number of hydrogen-bond donors (Lipinski definition) is 1. The third-order valence-corrected chi connectivity index (χ3v) is 2.01. The van der Waals surface area contributed by atoms with Crippen molar-refractivity contribution in [2.75, 3.05) is 13.6 Å². The van der Waals surface area contributed by atoms with E-state index in [-0.39, 0.29) is 0 Å². The summed E-state index contributed by atoms with van der Waals surface area (Å²) in [5.74, 6) is 0.818. The van der Waals surface area contributed by atoms with Crippen molar-refractivity contribution in [2.24, 2.45) is 0 Å². The molecule has 3 nitrogen and oxygen atoms in total. The zero-order valence-corrected chi connectivity index (χ0v) is 9.04. The Bertz CT molecular complexity index is 318. The van der Waals surface area contributed by atoms with Crippen LogP contribution in [0.2, 0.25) is 0 Å². The number of aromatic nitrogens is 2. The number of hydrogen-bond acceptors (Lipinski definition) is 3. The summed E-state index contributed by atoms with van der Waals surface area (Å²) in [6.07, 6.45) is 4.95. The van der Waals surface area contributed by atoms with E-state index in [1.54, 1.807) is 6.20 Å². The SMILES string of the molecule is CC/C(=C/c1ccnc(C)n1)CNC. The van der Waals surface area contributed by atoms with Crippen LogP contribution in [0.1, 0.15) is 24.9 Å². The molecule has 0 atom stereocenters. The van der Waals surface area contributed by atoms with Crippen LogP contribution in [0.25, 0.3) is 6.08 Å². The lowest BCUT2D eigenvalue weighted by Crippen LogP contribution is -2.09. The molecule has 0 unspecified atom stereocenters. The molecule has 0 spiro atoms. The molecule has 3 heteroatoms. The van der Waals surface area contributed by atoms with E-state index in [1.807, 2.05) is 20.0 Å². The molecule has 0 aromatic carbocycles. The Morgan fingerprint density at radius 3 is 2.93 bits per heavy atom. The van der Waals surface area contributed by atoms with Crippen LogP contribution in [0.15, 0.2) is 17.8 Å². The maximum absolute atomic E-state index is 4.33. The van der Waals surface area contributed by atoms with Gasteiger partial charge >= 0.3 is 0 Å². The van der Waals surface area contributed by atoms with Gasteiger partial charge in [0, 0.05) is 12.7 Å². The maximum atomic E-state index is 4.33. The van der Waals surface area contributed by atoms with E-state index in [9.17, 15) is 0 Å². The molecule has 0 aliphatic rings. The number of likely N-dealkylation sites (N-methyl/N-ethyl adjacent to an activating group) is 1. The molecule has 0 bridgehead atoms. The summed E-state index contributed by atoms with van der Waals surface area (Å²) in [4.78, 5) is 8.39. The van der Waals surface area contributed by atoms with Gasteiger partial charge in [0.25, 0.3) is 0 Å². The maximum Gasteiger partial charge on any atom is 0.125 e. The minimum atomic E-state index is 0.818. The summed E-state index contributed by atoms with van der Waals surface area (Å²) < 4.78 is 0. The molecule has 0 saturated carbocycles. The fraction of sp³-hybridized carbons (Fsp3) is 0.455. The zero-order chi connectivity index (χ0) is 10.4. The van der Waals surface area contributed by atoms with Crippen LogP contribution in [-0.4, -0.2) is 23.6 Å². The molecule has 0 amide bonds. The minimum absolute atomic E-state index is 0.818. The van der Waals surface area contributed by atoms with E-state index in [4.69, 9.17) is 0 Å². The number of nitrogens with zero attached hydrogens (tertiary/aromatic N) is 2. The van der Waals surface area contributed by atoms with Crippen molar-refractivity contribution in [1.29, 1.82) is 0 Å². The summed E-state index contributed by atoms with van der Waals surface area (Å²) >= 11 is 0. The van der Waals surface area contributed by atoms with Gasteiger partial charge in [-0.3, -0.25) is 0 Å². The predicted octanol–water partition coefficient (Wildman–Crippen LogP) is 1.80. The number of aryl methyl sites for hydroxylation is 1. The van der Waals surface area contributed by atoms with Gasteiger partial charge in [-0.1, -0.05) is 12.5 Å². The molecule has 1 heterocycles. The third kappa shape index (κ3) is 3.26. The lowest BCUT2D eigenvalue weighted by Gasteiger charge is -2.03. The molecule has 0 aliphatic carbocycles. The topological polar surface area (TPSA) is 37.8 Å². The van der Waals surface area contributed by atoms with Crippen molar-refractivity contribution in [3.8, 4) is 0 Å². The van der Waals surface area contributed by atoms with Crippen molar-refractivity contribution in [3.63, 3.8) is 0 Å². The van der Waals surface area contributed by atoms with Crippen LogP contribution in [0.3, 0.4) is 0 Å². The monoisotopic (exact) mass is 191 g/mol. The average molecular weight is 191 g/mol. The minimum Gasteiger partial charge on any atom is -0.316 e. The highest BCUT2D eigenvalue weighted by Crippen LogP contribution is 2.06. The normalized spacial score (nSPS) is 11.8. The molecule has 1 aromatic heterocycles. The Morgan fingerprint density at radius 2 is 2.36 bits per heavy atom. The predicted molar refractivity (Wildman–Crippen MR) is 59.0 cm³/mol. The van der Waals surface area contributed by atoms with Crippen molar-refractivity contribution >= 4 is 6.08 Å². The van der Waals surface area contributed by atoms with Crippen molar-refractivity contribution < 1.29 is 0 Å². The van der Waals surface area contributed by atoms with E-state index >= 15 is 0 Å². The first-order valence-electron chi connectivity index (χ1n) is 4.90. The van der Waals surface area contributed by atoms with Gasteiger partial charge in [-0.15, -0.1) is 0 Å². The van der Waals surface area contributed by atoms with Crippen LogP contribution in [0.4, 0.5) is 0 Å². The summed E-state index contributed by atoms with van der Waals surface area (Å²) in [7, 11) is 1.95. The van der Waals surface area contributed by atoms with Gasteiger partial charge in [-0.2, -0.15) is 0 Å². The molecule has 0 saturated heterocycles. The van der Waals surface area contributed by atoms with Gasteiger partial charge in [-0.05, 0) is 32.5 Å². The fourth-order valence-electron chi connectivity index (χ4n) is 1.27. The second kappa shape index (κ2) is 5.50. The van der Waals surface area contributed by atoms with Crippen LogP contribution in [0.5, 0.6) is 0 Å². The van der Waals surface area contributed by atoms with E-state index < -0.39 is 0 Å². The van der Waals surface area contributed by atoms with Crippen LogP contribution >= 0.6 is 0 Å². The fourth-order valence-corrected chi connectivity index (χ4v) is 1.27. The Labute approximate surface area is 85.3 Å². The first-order valence-corrected chi connectivity index (χ1v) is 4.90. The lowest BCUT2D eigenvalue weighted by atomic mass is 10.1. The summed E-state index contributed by atoms with van der Waals surface area (Å²) in [5.41, 5.74) is 2.34. The Hall–Kier alpha value is -1.22. The van der Waals surface area contributed by atoms with Crippen molar-refractivity contribution in [3.05, 3.63) is 29.4 Å². The summed E-state index contributed by atoms with van der Waals surface area (Å²) in [6, 6.07) is 1.93. The lowest BCUT2D eigenvalue weighted by molar-refractivity contribution is 0.850. The van der Waals surface area contributed by atoms with Crippen molar-refractivity contribution in [2.45, 2.75) is 20.3 Å². The molecule has 0 fully saturated rings. The Kier molecular flexibility index (Phi) is 4.26. The quantitative estimate of drug-likeness (QED) is 0.788. The highest BCUT2D eigenvalue weighted by molar-refractivity contribution is 5.48. The molecule has 76 valence electrons. The first kappa shape index (κ1) is 10.9. The number of nitrogens with one attached hydrogen (secondary N) is 1. The van der Waals surface area contributed by atoms with Gasteiger partial charge < -0.3 is 5.32 Å². The van der Waals surface area contributed by atoms with Crippen LogP contribution in [-0.2, 0) is 0 Å². The molecule has 0 radical (unpaired) electrons. The molecule has 1 rings (SSSR count). The average Bonchev–Trinajstić information content (AvgIpc) is 2.17. The summed E-state index contributed by atoms with van der Waals surface area (Å²) in [5, 5.41) is 3.14.